The number of hydrogen-bond acceptors (Lipinski definition) is 5. The van der Waals surface area contributed by atoms with Crippen molar-refractivity contribution in [3.8, 4) is 11.4 Å². The van der Waals surface area contributed by atoms with Crippen LogP contribution in [0.4, 0.5) is 4.39 Å². The van der Waals surface area contributed by atoms with Crippen LogP contribution in [0.5, 0.6) is 0 Å². The molecule has 0 aliphatic rings. The van der Waals surface area contributed by atoms with Gasteiger partial charge in [-0.1, -0.05) is 6.07 Å². The summed E-state index contributed by atoms with van der Waals surface area (Å²) in [7, 11) is 1.24. The Labute approximate surface area is 149 Å². The van der Waals surface area contributed by atoms with Crippen molar-refractivity contribution in [2.75, 3.05) is 7.11 Å². The molecule has 26 heavy (non-hydrogen) atoms. The van der Waals surface area contributed by atoms with E-state index in [2.05, 4.69) is 20.0 Å². The topological polar surface area (TPSA) is 81.2 Å². The summed E-state index contributed by atoms with van der Waals surface area (Å²) in [6.45, 7) is 1.52. The number of halogens is 1. The molecule has 3 rings (SSSR count). The Balaban J connectivity index is 2.10. The third-order valence-corrected chi connectivity index (χ3v) is 3.85. The summed E-state index contributed by atoms with van der Waals surface area (Å²) in [5.74, 6) is -1.51. The number of rotatable bonds is 4. The van der Waals surface area contributed by atoms with Crippen LogP contribution in [0.25, 0.3) is 22.3 Å². The van der Waals surface area contributed by atoms with E-state index in [0.29, 0.717) is 22.3 Å². The molecule has 2 heterocycles. The van der Waals surface area contributed by atoms with Crippen molar-refractivity contribution in [1.82, 2.24) is 15.3 Å². The molecule has 0 aliphatic heterocycles. The molecule has 0 aliphatic carbocycles. The van der Waals surface area contributed by atoms with Crippen molar-refractivity contribution in [2.24, 2.45) is 0 Å². The maximum Gasteiger partial charge on any atom is 0.328 e. The Kier molecular flexibility index (Phi) is 4.88. The minimum Gasteiger partial charge on any atom is -0.467 e. The minimum atomic E-state index is -0.825. The van der Waals surface area contributed by atoms with Crippen LogP contribution in [-0.4, -0.2) is 35.0 Å². The van der Waals surface area contributed by atoms with Crippen LogP contribution >= 0.6 is 0 Å². The third kappa shape index (κ3) is 3.51. The van der Waals surface area contributed by atoms with Gasteiger partial charge in [0, 0.05) is 17.6 Å². The molecule has 0 saturated heterocycles. The first-order valence-electron chi connectivity index (χ1n) is 7.90. The Morgan fingerprint density at radius 1 is 1.15 bits per heavy atom. The predicted molar refractivity (Wildman–Crippen MR) is 93.9 cm³/mol. The highest BCUT2D eigenvalue weighted by Gasteiger charge is 2.20. The van der Waals surface area contributed by atoms with Gasteiger partial charge in [0.05, 0.1) is 29.6 Å². The van der Waals surface area contributed by atoms with Gasteiger partial charge in [0.1, 0.15) is 11.9 Å². The van der Waals surface area contributed by atoms with Crippen LogP contribution < -0.4 is 5.32 Å². The van der Waals surface area contributed by atoms with Gasteiger partial charge in [-0.2, -0.15) is 0 Å². The van der Waals surface area contributed by atoms with Crippen molar-refractivity contribution < 1.29 is 18.7 Å². The van der Waals surface area contributed by atoms with Crippen LogP contribution in [0.1, 0.15) is 17.3 Å². The summed E-state index contributed by atoms with van der Waals surface area (Å²) in [6, 6.07) is 10.0. The number of nitrogens with one attached hydrogen (secondary N) is 1. The lowest BCUT2D eigenvalue weighted by molar-refractivity contribution is -0.142. The van der Waals surface area contributed by atoms with Gasteiger partial charge in [-0.05, 0) is 37.3 Å². The van der Waals surface area contributed by atoms with Gasteiger partial charge in [0.25, 0.3) is 5.91 Å². The van der Waals surface area contributed by atoms with Crippen LogP contribution in [-0.2, 0) is 9.53 Å². The number of fused-ring (bicyclic) bond motifs is 1. The van der Waals surface area contributed by atoms with Crippen molar-refractivity contribution >= 4 is 22.8 Å². The van der Waals surface area contributed by atoms with Crippen LogP contribution in [0.15, 0.2) is 48.7 Å². The molecule has 0 fully saturated rings. The van der Waals surface area contributed by atoms with E-state index in [1.807, 2.05) is 0 Å². The standard InChI is InChI=1S/C19H16FN3O3/c1-11(19(25)26-2)22-18(24)14-10-17(15-5-3-4-8-21-15)23-16-9-12(20)6-7-13(14)16/h3-11H,1-2H3,(H,22,24). The summed E-state index contributed by atoms with van der Waals surface area (Å²) in [5.41, 5.74) is 1.57. The summed E-state index contributed by atoms with van der Waals surface area (Å²) in [5, 5.41) is 3.05. The number of amides is 1. The minimum absolute atomic E-state index is 0.270. The maximum atomic E-state index is 13.6. The molecule has 0 radical (unpaired) electrons. The van der Waals surface area contributed by atoms with Crippen molar-refractivity contribution in [3.05, 3.63) is 60.0 Å². The number of carbonyl (C=O) groups is 2. The fraction of sp³-hybridized carbons (Fsp3) is 0.158. The molecule has 1 N–H and O–H groups in total. The number of esters is 1. The number of ether oxygens (including phenoxy) is 1. The van der Waals surface area contributed by atoms with E-state index < -0.39 is 23.7 Å². The molecular formula is C19H16FN3O3. The lowest BCUT2D eigenvalue weighted by Gasteiger charge is -2.14. The number of hydrogen-bond donors (Lipinski definition) is 1. The number of pyridine rings is 2. The number of aromatic nitrogens is 2. The average Bonchev–Trinajstić information content (AvgIpc) is 2.66. The van der Waals surface area contributed by atoms with Gasteiger partial charge in [0.15, 0.2) is 0 Å². The molecule has 7 heteroatoms. The highest BCUT2D eigenvalue weighted by Crippen LogP contribution is 2.24. The predicted octanol–water partition coefficient (Wildman–Crippen LogP) is 2.73. The second-order valence-electron chi connectivity index (χ2n) is 5.65. The van der Waals surface area contributed by atoms with Crippen molar-refractivity contribution in [2.45, 2.75) is 13.0 Å². The Bertz CT molecular complexity index is 976. The highest BCUT2D eigenvalue weighted by atomic mass is 19.1. The first kappa shape index (κ1) is 17.5. The quantitative estimate of drug-likeness (QED) is 0.730. The van der Waals surface area contributed by atoms with Crippen molar-refractivity contribution in [1.29, 1.82) is 0 Å². The first-order chi connectivity index (χ1) is 12.5. The van der Waals surface area contributed by atoms with E-state index in [9.17, 15) is 14.0 Å². The molecule has 1 amide bonds. The fourth-order valence-corrected chi connectivity index (χ4v) is 2.55. The number of methoxy groups -OCH3 is 1. The zero-order valence-electron chi connectivity index (χ0n) is 14.2. The van der Waals surface area contributed by atoms with E-state index in [1.165, 1.54) is 32.2 Å². The Morgan fingerprint density at radius 3 is 2.65 bits per heavy atom. The monoisotopic (exact) mass is 353 g/mol. The molecule has 3 aromatic rings. The fourth-order valence-electron chi connectivity index (χ4n) is 2.55. The molecular weight excluding hydrogens is 337 g/mol. The highest BCUT2D eigenvalue weighted by molar-refractivity contribution is 6.08. The lowest BCUT2D eigenvalue weighted by atomic mass is 10.0. The third-order valence-electron chi connectivity index (χ3n) is 3.85. The molecule has 0 bridgehead atoms. The summed E-state index contributed by atoms with van der Waals surface area (Å²) in [6.07, 6.45) is 1.60. The largest absolute Gasteiger partial charge is 0.467 e. The van der Waals surface area contributed by atoms with E-state index >= 15 is 0 Å². The summed E-state index contributed by atoms with van der Waals surface area (Å²) < 4.78 is 18.3. The zero-order valence-corrected chi connectivity index (χ0v) is 14.2. The van der Waals surface area contributed by atoms with Crippen LogP contribution in [0.3, 0.4) is 0 Å². The molecule has 0 spiro atoms. The number of nitrogens with zero attached hydrogens (tertiary/aromatic N) is 2. The second kappa shape index (κ2) is 7.26. The lowest BCUT2D eigenvalue weighted by Crippen LogP contribution is -2.39. The maximum absolute atomic E-state index is 13.6. The van der Waals surface area contributed by atoms with Gasteiger partial charge in [-0.15, -0.1) is 0 Å². The van der Waals surface area contributed by atoms with E-state index in [4.69, 9.17) is 0 Å². The SMILES string of the molecule is COC(=O)C(C)NC(=O)c1cc(-c2ccccn2)nc2cc(F)ccc12. The van der Waals surface area contributed by atoms with E-state index in [1.54, 1.807) is 30.5 Å². The summed E-state index contributed by atoms with van der Waals surface area (Å²) in [4.78, 5) is 32.9. The Morgan fingerprint density at radius 2 is 1.96 bits per heavy atom. The summed E-state index contributed by atoms with van der Waals surface area (Å²) >= 11 is 0. The van der Waals surface area contributed by atoms with Crippen LogP contribution in [0.2, 0.25) is 0 Å². The van der Waals surface area contributed by atoms with E-state index in [0.717, 1.165) is 0 Å². The normalized spacial score (nSPS) is 11.8. The zero-order chi connectivity index (χ0) is 18.7. The van der Waals surface area contributed by atoms with Crippen LogP contribution in [0, 0.1) is 5.82 Å². The first-order valence-corrected chi connectivity index (χ1v) is 7.90. The smallest absolute Gasteiger partial charge is 0.328 e. The average molecular weight is 353 g/mol. The molecule has 1 aromatic carbocycles. The number of benzene rings is 1. The van der Waals surface area contributed by atoms with Gasteiger partial charge in [-0.3, -0.25) is 9.78 Å². The molecule has 6 nitrogen and oxygen atoms in total. The molecule has 1 atom stereocenters. The van der Waals surface area contributed by atoms with Crippen molar-refractivity contribution in [3.63, 3.8) is 0 Å². The second-order valence-corrected chi connectivity index (χ2v) is 5.65. The molecule has 132 valence electrons. The van der Waals surface area contributed by atoms with Gasteiger partial charge in [0.2, 0.25) is 0 Å². The van der Waals surface area contributed by atoms with Gasteiger partial charge >= 0.3 is 5.97 Å². The molecule has 0 saturated carbocycles. The molecule has 1 unspecified atom stereocenters. The Hall–Kier alpha value is -3.35. The molecule has 2 aromatic heterocycles. The van der Waals surface area contributed by atoms with E-state index in [-0.39, 0.29) is 5.56 Å². The van der Waals surface area contributed by atoms with Gasteiger partial charge in [-0.25, -0.2) is 14.2 Å². The number of carbonyl (C=O) groups excluding carboxylic acids is 2. The van der Waals surface area contributed by atoms with Gasteiger partial charge < -0.3 is 10.1 Å².